The third kappa shape index (κ3) is 2.33. The smallest absolute Gasteiger partial charge is 0.241 e. The Hall–Kier alpha value is -0.870. The molecular weight excluding hydrogens is 178 g/mol. The zero-order chi connectivity index (χ0) is 10.6. The van der Waals surface area contributed by atoms with E-state index in [4.69, 9.17) is 0 Å². The van der Waals surface area contributed by atoms with Gasteiger partial charge in [-0.1, -0.05) is 6.08 Å². The molecule has 80 valence electrons. The molecule has 0 aliphatic carbocycles. The topological polar surface area (TPSA) is 35.6 Å². The molecule has 14 heavy (non-hydrogen) atoms. The van der Waals surface area contributed by atoms with Crippen LogP contribution in [0.4, 0.5) is 0 Å². The lowest BCUT2D eigenvalue weighted by Crippen LogP contribution is -2.58. The van der Waals surface area contributed by atoms with Gasteiger partial charge >= 0.3 is 0 Å². The number of amides is 1. The van der Waals surface area contributed by atoms with E-state index < -0.39 is 0 Å². The molecule has 0 radical (unpaired) electrons. The van der Waals surface area contributed by atoms with E-state index in [1.165, 1.54) is 0 Å². The zero-order valence-corrected chi connectivity index (χ0v) is 8.99. The maximum atomic E-state index is 11.8. The Labute approximate surface area is 85.6 Å². The summed E-state index contributed by atoms with van der Waals surface area (Å²) in [5.74, 6) is 0.201. The van der Waals surface area contributed by atoms with Crippen LogP contribution in [-0.2, 0) is 4.79 Å². The van der Waals surface area contributed by atoms with Crippen LogP contribution < -0.4 is 5.32 Å². The average Bonchev–Trinajstić information content (AvgIpc) is 2.18. The van der Waals surface area contributed by atoms with Gasteiger partial charge in [-0.2, -0.15) is 0 Å². The highest BCUT2D eigenvalue weighted by molar-refractivity contribution is 5.82. The van der Waals surface area contributed by atoms with Gasteiger partial charge in [0.1, 0.15) is 6.04 Å². The number of nitrogens with zero attached hydrogens (tertiary/aromatic N) is 2. The Morgan fingerprint density at radius 2 is 2.36 bits per heavy atom. The number of hydrogen-bond donors (Lipinski definition) is 1. The highest BCUT2D eigenvalue weighted by atomic mass is 16.2. The van der Waals surface area contributed by atoms with Crippen LogP contribution >= 0.6 is 0 Å². The van der Waals surface area contributed by atoms with E-state index in [9.17, 15) is 4.79 Å². The monoisotopic (exact) mass is 197 g/mol. The van der Waals surface area contributed by atoms with Crippen molar-refractivity contribution in [3.05, 3.63) is 12.7 Å². The predicted octanol–water partition coefficient (Wildman–Crippen LogP) is -0.466. The second-order valence-electron chi connectivity index (χ2n) is 3.62. The molecule has 1 aliphatic rings. The molecule has 1 fully saturated rings. The molecule has 1 unspecified atom stereocenters. The second kappa shape index (κ2) is 5.12. The van der Waals surface area contributed by atoms with Crippen LogP contribution in [-0.4, -0.2) is 62.0 Å². The first-order valence-corrected chi connectivity index (χ1v) is 4.95. The van der Waals surface area contributed by atoms with Crippen molar-refractivity contribution < 1.29 is 4.79 Å². The summed E-state index contributed by atoms with van der Waals surface area (Å²) in [5.41, 5.74) is 0. The Morgan fingerprint density at radius 1 is 1.64 bits per heavy atom. The van der Waals surface area contributed by atoms with E-state index >= 15 is 0 Å². The number of likely N-dealkylation sites (N-methyl/N-ethyl adjacent to an activating group) is 2. The summed E-state index contributed by atoms with van der Waals surface area (Å²) in [6, 6.07) is -0.0308. The fourth-order valence-corrected chi connectivity index (χ4v) is 1.75. The largest absolute Gasteiger partial charge is 0.343 e. The molecule has 1 saturated heterocycles. The molecular formula is C10H19N3O. The summed E-state index contributed by atoms with van der Waals surface area (Å²) in [6.07, 6.45) is 1.85. The van der Waals surface area contributed by atoms with Gasteiger partial charge in [0, 0.05) is 33.2 Å². The van der Waals surface area contributed by atoms with Crippen molar-refractivity contribution >= 4 is 5.91 Å². The minimum absolute atomic E-state index is 0.0308. The van der Waals surface area contributed by atoms with Crippen molar-refractivity contribution in [2.75, 3.05) is 40.3 Å². The molecule has 0 aromatic carbocycles. The summed E-state index contributed by atoms with van der Waals surface area (Å²) in [4.78, 5) is 15.8. The van der Waals surface area contributed by atoms with Crippen LogP contribution in [0, 0.1) is 0 Å². The van der Waals surface area contributed by atoms with Gasteiger partial charge in [0.05, 0.1) is 0 Å². The SMILES string of the molecule is C=CCN1CCN(C)C(=O)C1CNC. The van der Waals surface area contributed by atoms with Gasteiger partial charge in [-0.05, 0) is 7.05 Å². The summed E-state index contributed by atoms with van der Waals surface area (Å²) in [6.45, 7) is 6.94. The van der Waals surface area contributed by atoms with Gasteiger partial charge in [0.2, 0.25) is 5.91 Å². The van der Waals surface area contributed by atoms with Crippen LogP contribution in [0.5, 0.6) is 0 Å². The van der Waals surface area contributed by atoms with Crippen LogP contribution in [0.15, 0.2) is 12.7 Å². The van der Waals surface area contributed by atoms with Crippen LogP contribution in [0.1, 0.15) is 0 Å². The first kappa shape index (κ1) is 11.2. The Bertz CT molecular complexity index is 217. The normalized spacial score (nSPS) is 24.0. The maximum Gasteiger partial charge on any atom is 0.241 e. The molecule has 0 bridgehead atoms. The van der Waals surface area contributed by atoms with Crippen molar-refractivity contribution in [3.63, 3.8) is 0 Å². The van der Waals surface area contributed by atoms with E-state index in [1.807, 2.05) is 20.2 Å². The number of rotatable bonds is 4. The molecule has 4 heteroatoms. The number of nitrogens with one attached hydrogen (secondary N) is 1. The Kier molecular flexibility index (Phi) is 4.10. The molecule has 0 aromatic heterocycles. The molecule has 0 aromatic rings. The van der Waals surface area contributed by atoms with E-state index in [1.54, 1.807) is 4.90 Å². The first-order chi connectivity index (χ1) is 6.70. The lowest BCUT2D eigenvalue weighted by Gasteiger charge is -2.38. The van der Waals surface area contributed by atoms with E-state index in [0.29, 0.717) is 6.54 Å². The molecule has 1 amide bonds. The molecule has 1 aliphatic heterocycles. The third-order valence-electron chi connectivity index (χ3n) is 2.59. The van der Waals surface area contributed by atoms with Gasteiger partial charge in [-0.15, -0.1) is 6.58 Å². The molecule has 1 N–H and O–H groups in total. The van der Waals surface area contributed by atoms with Gasteiger partial charge in [-0.3, -0.25) is 9.69 Å². The second-order valence-corrected chi connectivity index (χ2v) is 3.62. The van der Waals surface area contributed by atoms with Gasteiger partial charge in [0.15, 0.2) is 0 Å². The van der Waals surface area contributed by atoms with Crippen molar-refractivity contribution in [2.24, 2.45) is 0 Å². The average molecular weight is 197 g/mol. The summed E-state index contributed by atoms with van der Waals surface area (Å²) in [7, 11) is 3.73. The standard InChI is InChI=1S/C10H19N3O/c1-4-5-13-7-6-12(3)10(14)9(13)8-11-2/h4,9,11H,1,5-8H2,2-3H3. The lowest BCUT2D eigenvalue weighted by atomic mass is 10.1. The van der Waals surface area contributed by atoms with Crippen LogP contribution in [0.3, 0.4) is 0 Å². The maximum absolute atomic E-state index is 11.8. The van der Waals surface area contributed by atoms with Crippen molar-refractivity contribution in [1.82, 2.24) is 15.1 Å². The molecule has 0 saturated carbocycles. The van der Waals surface area contributed by atoms with E-state index in [2.05, 4.69) is 16.8 Å². The highest BCUT2D eigenvalue weighted by Crippen LogP contribution is 2.09. The molecule has 4 nitrogen and oxygen atoms in total. The summed E-state index contributed by atoms with van der Waals surface area (Å²) in [5, 5.41) is 3.05. The Morgan fingerprint density at radius 3 is 2.93 bits per heavy atom. The van der Waals surface area contributed by atoms with Gasteiger partial charge in [0.25, 0.3) is 0 Å². The fraction of sp³-hybridized carbons (Fsp3) is 0.700. The van der Waals surface area contributed by atoms with E-state index in [-0.39, 0.29) is 11.9 Å². The number of piperazine rings is 1. The summed E-state index contributed by atoms with van der Waals surface area (Å²) < 4.78 is 0. The van der Waals surface area contributed by atoms with Crippen LogP contribution in [0.2, 0.25) is 0 Å². The van der Waals surface area contributed by atoms with E-state index in [0.717, 1.165) is 19.6 Å². The molecule has 1 heterocycles. The minimum atomic E-state index is -0.0308. The van der Waals surface area contributed by atoms with Crippen molar-refractivity contribution in [3.8, 4) is 0 Å². The molecule has 0 spiro atoms. The fourth-order valence-electron chi connectivity index (χ4n) is 1.75. The molecule has 1 rings (SSSR count). The summed E-state index contributed by atoms with van der Waals surface area (Å²) >= 11 is 0. The van der Waals surface area contributed by atoms with Gasteiger partial charge in [-0.25, -0.2) is 0 Å². The lowest BCUT2D eigenvalue weighted by molar-refractivity contribution is -0.139. The Balaban J connectivity index is 2.65. The quantitative estimate of drug-likeness (QED) is 0.619. The number of hydrogen-bond acceptors (Lipinski definition) is 3. The minimum Gasteiger partial charge on any atom is -0.343 e. The predicted molar refractivity (Wildman–Crippen MR) is 57.1 cm³/mol. The number of carbonyl (C=O) groups is 1. The first-order valence-electron chi connectivity index (χ1n) is 4.95. The van der Waals surface area contributed by atoms with Crippen molar-refractivity contribution in [1.29, 1.82) is 0 Å². The molecule has 1 atom stereocenters. The van der Waals surface area contributed by atoms with Gasteiger partial charge < -0.3 is 10.2 Å². The third-order valence-corrected chi connectivity index (χ3v) is 2.59. The number of carbonyl (C=O) groups excluding carboxylic acids is 1. The van der Waals surface area contributed by atoms with Crippen LogP contribution in [0.25, 0.3) is 0 Å². The zero-order valence-electron chi connectivity index (χ0n) is 8.99. The highest BCUT2D eigenvalue weighted by Gasteiger charge is 2.31. The van der Waals surface area contributed by atoms with Crippen molar-refractivity contribution in [2.45, 2.75) is 6.04 Å².